The van der Waals surface area contributed by atoms with E-state index in [4.69, 9.17) is 11.6 Å². The van der Waals surface area contributed by atoms with Gasteiger partial charge >= 0.3 is 0 Å². The van der Waals surface area contributed by atoms with E-state index in [1.807, 2.05) is 37.4 Å². The van der Waals surface area contributed by atoms with Gasteiger partial charge in [-0.2, -0.15) is 13.1 Å². The third-order valence-electron chi connectivity index (χ3n) is 4.66. The van der Waals surface area contributed by atoms with E-state index in [0.29, 0.717) is 10.7 Å². The average Bonchev–Trinajstić information content (AvgIpc) is 3.16. The number of thiophene rings is 1. The van der Waals surface area contributed by atoms with Gasteiger partial charge in [-0.05, 0) is 66.8 Å². The largest absolute Gasteiger partial charge is 0.395 e. The van der Waals surface area contributed by atoms with E-state index in [1.165, 1.54) is 0 Å². The average molecular weight is 480 g/mol. The van der Waals surface area contributed by atoms with E-state index in [2.05, 4.69) is 14.4 Å². The highest BCUT2D eigenvalue weighted by molar-refractivity contribution is 7.90. The van der Waals surface area contributed by atoms with Gasteiger partial charge in [0.15, 0.2) is 0 Å². The van der Waals surface area contributed by atoms with Crippen molar-refractivity contribution in [3.05, 3.63) is 58.7 Å². The van der Waals surface area contributed by atoms with E-state index in [0.717, 1.165) is 27.3 Å². The number of nitrogens with zero attached hydrogens (tertiary/aromatic N) is 1. The molecular formula is C22H26ClN3O3S2. The van der Waals surface area contributed by atoms with Crippen LogP contribution in [-0.2, 0) is 15.6 Å². The first-order valence-corrected chi connectivity index (χ1v) is 12.5. The van der Waals surface area contributed by atoms with Crippen LogP contribution >= 0.6 is 22.9 Å². The number of aromatic nitrogens is 1. The number of anilines is 1. The molecule has 1 aromatic carbocycles. The minimum absolute atomic E-state index is 0.0107. The molecule has 166 valence electrons. The zero-order valence-corrected chi connectivity index (χ0v) is 20.2. The van der Waals surface area contributed by atoms with Crippen LogP contribution in [0.3, 0.4) is 0 Å². The fraction of sp³-hybridized carbons (Fsp3) is 0.318. The van der Waals surface area contributed by atoms with Crippen molar-refractivity contribution >= 4 is 38.8 Å². The first-order chi connectivity index (χ1) is 14.5. The minimum Gasteiger partial charge on any atom is -0.395 e. The summed E-state index contributed by atoms with van der Waals surface area (Å²) in [7, 11) is -3.66. The van der Waals surface area contributed by atoms with Crippen LogP contribution in [0.2, 0.25) is 5.02 Å². The normalized spacial score (nSPS) is 12.4. The SMILES string of the molecule is CC(C)NS(=O)(=O)Nc1ccc(-c2cc(-c3ccnc(C(C)(C)CO)c3)cs2)c(Cl)c1. The van der Waals surface area contributed by atoms with E-state index in [9.17, 15) is 13.5 Å². The Morgan fingerprint density at radius 2 is 1.90 bits per heavy atom. The Balaban J connectivity index is 1.86. The second-order valence-electron chi connectivity index (χ2n) is 8.24. The molecule has 0 aliphatic carbocycles. The van der Waals surface area contributed by atoms with Crippen molar-refractivity contribution in [3.63, 3.8) is 0 Å². The molecular weight excluding hydrogens is 454 g/mol. The molecule has 31 heavy (non-hydrogen) atoms. The Bertz CT molecular complexity index is 1170. The van der Waals surface area contributed by atoms with Crippen LogP contribution in [0.15, 0.2) is 48.0 Å². The van der Waals surface area contributed by atoms with Crippen LogP contribution < -0.4 is 9.44 Å². The number of benzene rings is 1. The van der Waals surface area contributed by atoms with Crippen LogP contribution in [0.4, 0.5) is 5.69 Å². The summed E-state index contributed by atoms with van der Waals surface area (Å²) in [6.45, 7) is 7.41. The quantitative estimate of drug-likeness (QED) is 0.421. The van der Waals surface area contributed by atoms with Gasteiger partial charge < -0.3 is 5.11 Å². The van der Waals surface area contributed by atoms with Gasteiger partial charge in [-0.25, -0.2) is 0 Å². The predicted octanol–water partition coefficient (Wildman–Crippen LogP) is 5.06. The Morgan fingerprint density at radius 3 is 2.55 bits per heavy atom. The van der Waals surface area contributed by atoms with Gasteiger partial charge in [0.1, 0.15) is 0 Å². The molecule has 3 N–H and O–H groups in total. The highest BCUT2D eigenvalue weighted by Gasteiger charge is 2.21. The van der Waals surface area contributed by atoms with E-state index < -0.39 is 15.6 Å². The van der Waals surface area contributed by atoms with Crippen LogP contribution in [0.25, 0.3) is 21.6 Å². The van der Waals surface area contributed by atoms with E-state index in [-0.39, 0.29) is 12.6 Å². The van der Waals surface area contributed by atoms with Crippen molar-refractivity contribution in [3.8, 4) is 21.6 Å². The van der Waals surface area contributed by atoms with Crippen LogP contribution in [-0.4, -0.2) is 31.2 Å². The van der Waals surface area contributed by atoms with E-state index >= 15 is 0 Å². The first-order valence-electron chi connectivity index (χ1n) is 9.77. The number of nitrogens with one attached hydrogen (secondary N) is 2. The summed E-state index contributed by atoms with van der Waals surface area (Å²) in [6, 6.07) is 10.8. The second kappa shape index (κ2) is 9.26. The molecule has 0 saturated heterocycles. The molecule has 9 heteroatoms. The smallest absolute Gasteiger partial charge is 0.299 e. The van der Waals surface area contributed by atoms with Crippen LogP contribution in [0.1, 0.15) is 33.4 Å². The third-order valence-corrected chi connectivity index (χ3v) is 7.22. The van der Waals surface area contributed by atoms with Crippen molar-refractivity contribution < 1.29 is 13.5 Å². The lowest BCUT2D eigenvalue weighted by Gasteiger charge is -2.21. The van der Waals surface area contributed by atoms with Crippen molar-refractivity contribution in [2.75, 3.05) is 11.3 Å². The van der Waals surface area contributed by atoms with Crippen LogP contribution in [0, 0.1) is 0 Å². The standard InChI is InChI=1S/C22H26ClN3O3S2/c1-14(2)25-31(28,29)26-17-5-6-18(19(23)11-17)20-9-16(12-30-20)15-7-8-24-21(10-15)22(3,4)13-27/h5-12,14,25-27H,13H2,1-4H3. The molecule has 3 aromatic rings. The number of aliphatic hydroxyl groups excluding tert-OH is 1. The molecule has 0 atom stereocenters. The summed E-state index contributed by atoms with van der Waals surface area (Å²) in [5.41, 5.74) is 3.65. The first kappa shape index (κ1) is 23.7. The van der Waals surface area contributed by atoms with Gasteiger partial charge in [0, 0.05) is 33.8 Å². The maximum Gasteiger partial charge on any atom is 0.299 e. The number of halogens is 1. The molecule has 0 fully saturated rings. The molecule has 0 bridgehead atoms. The molecule has 0 unspecified atom stereocenters. The molecule has 0 amide bonds. The van der Waals surface area contributed by atoms with Crippen LogP contribution in [0.5, 0.6) is 0 Å². The highest BCUT2D eigenvalue weighted by Crippen LogP contribution is 2.38. The summed E-state index contributed by atoms with van der Waals surface area (Å²) in [4.78, 5) is 5.37. The number of aliphatic hydroxyl groups is 1. The van der Waals surface area contributed by atoms with Gasteiger partial charge in [0.2, 0.25) is 0 Å². The second-order valence-corrected chi connectivity index (χ2v) is 11.0. The van der Waals surface area contributed by atoms with Gasteiger partial charge in [0.25, 0.3) is 10.2 Å². The molecule has 0 radical (unpaired) electrons. The number of hydrogen-bond donors (Lipinski definition) is 3. The van der Waals surface area contributed by atoms with E-state index in [1.54, 1.807) is 49.6 Å². The lowest BCUT2D eigenvalue weighted by Crippen LogP contribution is -2.35. The lowest BCUT2D eigenvalue weighted by atomic mass is 9.89. The molecule has 0 aliphatic heterocycles. The number of pyridine rings is 1. The van der Waals surface area contributed by atoms with Gasteiger partial charge in [-0.1, -0.05) is 25.4 Å². The molecule has 3 rings (SSSR count). The van der Waals surface area contributed by atoms with Crippen molar-refractivity contribution in [1.82, 2.24) is 9.71 Å². The molecule has 0 aliphatic rings. The number of rotatable bonds is 8. The van der Waals surface area contributed by atoms with Gasteiger partial charge in [0.05, 0.1) is 17.3 Å². The predicted molar refractivity (Wildman–Crippen MR) is 129 cm³/mol. The fourth-order valence-electron chi connectivity index (χ4n) is 2.96. The molecule has 2 aromatic heterocycles. The molecule has 2 heterocycles. The molecule has 0 spiro atoms. The van der Waals surface area contributed by atoms with Crippen molar-refractivity contribution in [1.29, 1.82) is 0 Å². The zero-order valence-electron chi connectivity index (χ0n) is 17.8. The van der Waals surface area contributed by atoms with Crippen molar-refractivity contribution in [2.45, 2.75) is 39.2 Å². The summed E-state index contributed by atoms with van der Waals surface area (Å²) in [5.74, 6) is 0. The fourth-order valence-corrected chi connectivity index (χ4v) is 5.38. The maximum atomic E-state index is 12.1. The molecule has 0 saturated carbocycles. The summed E-state index contributed by atoms with van der Waals surface area (Å²) in [6.07, 6.45) is 1.75. The molecule has 6 nitrogen and oxygen atoms in total. The summed E-state index contributed by atoms with van der Waals surface area (Å²) < 4.78 is 29.1. The topological polar surface area (TPSA) is 91.3 Å². The Kier molecular flexibility index (Phi) is 7.08. The Labute approximate surface area is 192 Å². The summed E-state index contributed by atoms with van der Waals surface area (Å²) >= 11 is 8.02. The Morgan fingerprint density at radius 1 is 1.16 bits per heavy atom. The third kappa shape index (κ3) is 5.84. The monoisotopic (exact) mass is 479 g/mol. The zero-order chi connectivity index (χ0) is 22.8. The van der Waals surface area contributed by atoms with Gasteiger partial charge in [-0.3, -0.25) is 9.71 Å². The van der Waals surface area contributed by atoms with Crippen molar-refractivity contribution in [2.24, 2.45) is 0 Å². The maximum absolute atomic E-state index is 12.1. The highest BCUT2D eigenvalue weighted by atomic mass is 35.5. The summed E-state index contributed by atoms with van der Waals surface area (Å²) in [5, 5.41) is 12.1. The Hall–Kier alpha value is -1.97. The van der Waals surface area contributed by atoms with Gasteiger partial charge in [-0.15, -0.1) is 11.3 Å². The minimum atomic E-state index is -3.66. The lowest BCUT2D eigenvalue weighted by molar-refractivity contribution is 0.215. The number of hydrogen-bond acceptors (Lipinski definition) is 5.